The van der Waals surface area contributed by atoms with Crippen LogP contribution in [0.5, 0.6) is 0 Å². The van der Waals surface area contributed by atoms with Gasteiger partial charge in [0.05, 0.1) is 22.0 Å². The van der Waals surface area contributed by atoms with Crippen molar-refractivity contribution in [3.05, 3.63) is 40.1 Å². The van der Waals surface area contributed by atoms with Crippen LogP contribution in [-0.2, 0) is 4.74 Å². The van der Waals surface area contributed by atoms with Crippen molar-refractivity contribution in [1.29, 1.82) is 5.26 Å². The summed E-state index contributed by atoms with van der Waals surface area (Å²) < 4.78 is 4.81. The summed E-state index contributed by atoms with van der Waals surface area (Å²) >= 11 is 12.6. The molecule has 1 aliphatic heterocycles. The Morgan fingerprint density at radius 1 is 1.26 bits per heavy atom. The highest BCUT2D eigenvalue weighted by molar-refractivity contribution is 6.44. The van der Waals surface area contributed by atoms with Gasteiger partial charge >= 0.3 is 6.09 Å². The number of halogens is 2. The summed E-state index contributed by atoms with van der Waals surface area (Å²) in [5, 5.41) is 11.4. The van der Waals surface area contributed by atoms with Crippen molar-refractivity contribution in [2.45, 2.75) is 39.0 Å². The Morgan fingerprint density at radius 3 is 2.74 bits per heavy atom. The van der Waals surface area contributed by atoms with Crippen molar-refractivity contribution in [3.63, 3.8) is 0 Å². The van der Waals surface area contributed by atoms with E-state index in [1.807, 2.05) is 12.1 Å². The highest BCUT2D eigenvalue weighted by atomic mass is 35.5. The second kappa shape index (κ2) is 10.1. The normalized spacial score (nSPS) is 15.3. The summed E-state index contributed by atoms with van der Waals surface area (Å²) in [5.41, 5.74) is 7.57. The first-order valence-electron chi connectivity index (χ1n) is 11.2. The first-order valence-corrected chi connectivity index (χ1v) is 12.0. The third kappa shape index (κ3) is 5.06. The minimum Gasteiger partial charge on any atom is -0.450 e. The minimum atomic E-state index is -0.724. The van der Waals surface area contributed by atoms with Crippen LogP contribution in [0.15, 0.2) is 24.4 Å². The molecular formula is C24H26Cl2N6O2. The number of carbonyl (C=O) groups is 1. The van der Waals surface area contributed by atoms with Gasteiger partial charge < -0.3 is 20.4 Å². The van der Waals surface area contributed by atoms with Crippen molar-refractivity contribution in [2.75, 3.05) is 24.6 Å². The molecular weight excluding hydrogens is 475 g/mol. The molecule has 1 saturated heterocycles. The molecule has 34 heavy (non-hydrogen) atoms. The van der Waals surface area contributed by atoms with Crippen LogP contribution in [0.1, 0.15) is 44.7 Å². The smallest absolute Gasteiger partial charge is 0.404 e. The van der Waals surface area contributed by atoms with E-state index in [9.17, 15) is 10.1 Å². The molecule has 0 spiro atoms. The zero-order valence-electron chi connectivity index (χ0n) is 18.9. The van der Waals surface area contributed by atoms with Gasteiger partial charge in [0, 0.05) is 30.4 Å². The van der Waals surface area contributed by atoms with Crippen LogP contribution in [0.4, 0.5) is 10.7 Å². The Kier molecular flexibility index (Phi) is 7.15. The molecule has 10 heteroatoms. The molecule has 178 valence electrons. The fourth-order valence-electron chi connectivity index (χ4n) is 4.49. The minimum absolute atomic E-state index is 0.203. The molecule has 0 aliphatic carbocycles. The molecule has 1 aromatic carbocycles. The molecule has 1 amide bonds. The van der Waals surface area contributed by atoms with Crippen molar-refractivity contribution >= 4 is 46.3 Å². The Bertz CT molecular complexity index is 1240. The molecule has 2 aromatic heterocycles. The van der Waals surface area contributed by atoms with Crippen LogP contribution in [0.2, 0.25) is 10.0 Å². The number of piperidine rings is 1. The number of aromatic nitrogens is 3. The van der Waals surface area contributed by atoms with Crippen molar-refractivity contribution in [1.82, 2.24) is 15.0 Å². The van der Waals surface area contributed by atoms with Gasteiger partial charge in [-0.1, -0.05) is 42.3 Å². The molecule has 8 nitrogen and oxygen atoms in total. The Balaban J connectivity index is 1.49. The number of carbonyl (C=O) groups excluding carboxylic acids is 1. The number of benzene rings is 1. The summed E-state index contributed by atoms with van der Waals surface area (Å²) in [6.07, 6.45) is 5.87. The van der Waals surface area contributed by atoms with E-state index in [1.165, 1.54) is 0 Å². The van der Waals surface area contributed by atoms with Gasteiger partial charge in [-0.3, -0.25) is 0 Å². The number of aromatic amines is 1. The maximum Gasteiger partial charge on any atom is 0.404 e. The van der Waals surface area contributed by atoms with Crippen LogP contribution in [0.3, 0.4) is 0 Å². The van der Waals surface area contributed by atoms with Crippen LogP contribution in [0.25, 0.3) is 22.2 Å². The van der Waals surface area contributed by atoms with E-state index in [1.54, 1.807) is 12.3 Å². The highest BCUT2D eigenvalue weighted by Crippen LogP contribution is 2.39. The summed E-state index contributed by atoms with van der Waals surface area (Å²) in [6.45, 7) is 4.26. The summed E-state index contributed by atoms with van der Waals surface area (Å²) in [4.78, 5) is 25.3. The number of anilines is 1. The molecule has 4 rings (SSSR count). The number of fused-ring (bicyclic) bond motifs is 1. The van der Waals surface area contributed by atoms with E-state index in [2.05, 4.69) is 27.9 Å². The van der Waals surface area contributed by atoms with Gasteiger partial charge in [0.1, 0.15) is 11.7 Å². The van der Waals surface area contributed by atoms with Gasteiger partial charge in [-0.05, 0) is 43.6 Å². The number of unbranched alkanes of at least 4 members (excludes halogenated alkanes) is 1. The number of hydrogen-bond donors (Lipinski definition) is 2. The van der Waals surface area contributed by atoms with Gasteiger partial charge in [-0.2, -0.15) is 10.2 Å². The molecule has 3 N–H and O–H groups in total. The molecule has 1 fully saturated rings. The molecule has 0 saturated carbocycles. The molecule has 1 aliphatic rings. The monoisotopic (exact) mass is 500 g/mol. The molecule has 0 atom stereocenters. The van der Waals surface area contributed by atoms with Gasteiger partial charge in [-0.15, -0.1) is 0 Å². The van der Waals surface area contributed by atoms with Gasteiger partial charge in [0.2, 0.25) is 5.95 Å². The number of primary amides is 1. The summed E-state index contributed by atoms with van der Waals surface area (Å²) in [7, 11) is 0. The van der Waals surface area contributed by atoms with E-state index in [0.29, 0.717) is 39.3 Å². The largest absolute Gasteiger partial charge is 0.450 e. The van der Waals surface area contributed by atoms with E-state index in [0.717, 1.165) is 56.3 Å². The molecule has 0 radical (unpaired) electrons. The Morgan fingerprint density at radius 2 is 2.03 bits per heavy atom. The fraction of sp³-hybridized carbons (Fsp3) is 0.417. The standard InChI is InChI=1S/C24H26Cl2N6O2/c1-24(7-2-3-12-34-22(28)33)8-10-32(11-9-24)23-30-18(13-27)19-16(14-29-21(19)31-23)15-5-4-6-17(25)20(15)26/h4-6,14H,2-3,7-12H2,1H3,(H2,28,33)(H,29,30,31). The van der Waals surface area contributed by atoms with Crippen molar-refractivity contribution in [2.24, 2.45) is 11.1 Å². The number of rotatable bonds is 7. The second-order valence-corrected chi connectivity index (χ2v) is 9.72. The van der Waals surface area contributed by atoms with Crippen LogP contribution < -0.4 is 10.6 Å². The molecule has 0 bridgehead atoms. The zero-order valence-corrected chi connectivity index (χ0v) is 20.4. The average Bonchev–Trinajstić information content (AvgIpc) is 3.24. The van der Waals surface area contributed by atoms with Crippen LogP contribution in [0, 0.1) is 16.7 Å². The fourth-order valence-corrected chi connectivity index (χ4v) is 4.89. The van der Waals surface area contributed by atoms with E-state index in [4.69, 9.17) is 38.7 Å². The number of nitrogens with one attached hydrogen (secondary N) is 1. The lowest BCUT2D eigenvalue weighted by atomic mass is 9.76. The van der Waals surface area contributed by atoms with Gasteiger partial charge in [0.25, 0.3) is 0 Å². The number of nitrogens with two attached hydrogens (primary N) is 1. The van der Waals surface area contributed by atoms with Crippen LogP contribution in [-0.4, -0.2) is 40.7 Å². The Hall–Kier alpha value is -3.02. The van der Waals surface area contributed by atoms with Crippen LogP contribution >= 0.6 is 23.2 Å². The lowest BCUT2D eigenvalue weighted by molar-refractivity contribution is 0.150. The number of nitriles is 1. The first-order chi connectivity index (χ1) is 16.3. The lowest BCUT2D eigenvalue weighted by Crippen LogP contribution is -2.39. The molecule has 3 aromatic rings. The number of nitrogens with zero attached hydrogens (tertiary/aromatic N) is 4. The zero-order chi connectivity index (χ0) is 24.3. The average molecular weight is 501 g/mol. The third-order valence-corrected chi connectivity index (χ3v) is 7.36. The third-order valence-electron chi connectivity index (χ3n) is 6.54. The van der Waals surface area contributed by atoms with Gasteiger partial charge in [0.15, 0.2) is 5.69 Å². The predicted molar refractivity (Wildman–Crippen MR) is 133 cm³/mol. The summed E-state index contributed by atoms with van der Waals surface area (Å²) in [6, 6.07) is 7.63. The van der Waals surface area contributed by atoms with E-state index in [-0.39, 0.29) is 5.41 Å². The van der Waals surface area contributed by atoms with Gasteiger partial charge in [-0.25, -0.2) is 9.78 Å². The van der Waals surface area contributed by atoms with Crippen molar-refractivity contribution < 1.29 is 9.53 Å². The molecule has 0 unspecified atom stereocenters. The SMILES string of the molecule is CC1(CCCCOC(N)=O)CCN(c2nc(C#N)c3c(-c4cccc(Cl)c4Cl)c[nH]c3n2)CC1. The number of hydrogen-bond acceptors (Lipinski definition) is 6. The first kappa shape index (κ1) is 24.1. The predicted octanol–water partition coefficient (Wildman–Crippen LogP) is 5.68. The van der Waals surface area contributed by atoms with E-state index >= 15 is 0 Å². The van der Waals surface area contributed by atoms with Crippen molar-refractivity contribution in [3.8, 4) is 17.2 Å². The number of amides is 1. The maximum atomic E-state index is 10.7. The maximum absolute atomic E-state index is 10.7. The number of H-pyrrole nitrogens is 1. The Labute approximate surface area is 208 Å². The number of ether oxygens (including phenoxy) is 1. The highest BCUT2D eigenvalue weighted by Gasteiger charge is 2.31. The molecule has 3 heterocycles. The lowest BCUT2D eigenvalue weighted by Gasteiger charge is -2.39. The topological polar surface area (TPSA) is 121 Å². The quantitative estimate of drug-likeness (QED) is 0.402. The second-order valence-electron chi connectivity index (χ2n) is 8.93. The van der Waals surface area contributed by atoms with E-state index < -0.39 is 6.09 Å². The summed E-state index contributed by atoms with van der Waals surface area (Å²) in [5.74, 6) is 0.548.